The molecule has 1 saturated carbocycles. The number of likely N-dealkylation sites (N-methyl/N-ethyl adjacent to an activating group) is 1. The van der Waals surface area contributed by atoms with E-state index in [1.165, 1.54) is 11.4 Å². The Hall–Kier alpha value is -0.220. The van der Waals surface area contributed by atoms with Crippen LogP contribution in [0.4, 0.5) is 0 Å². The first-order valence-electron chi connectivity index (χ1n) is 6.43. The summed E-state index contributed by atoms with van der Waals surface area (Å²) in [5, 5.41) is 0. The second-order valence-corrected chi connectivity index (χ2v) is 9.45. The fraction of sp³-hybridized carbons (Fsp3) is 1.00. The Balaban J connectivity index is 2.75. The van der Waals surface area contributed by atoms with Gasteiger partial charge in [-0.1, -0.05) is 0 Å². The van der Waals surface area contributed by atoms with Crippen LogP contribution in [0, 0.1) is 5.92 Å². The summed E-state index contributed by atoms with van der Waals surface area (Å²) in [6, 6.07) is -0.568. The van der Waals surface area contributed by atoms with E-state index in [0.29, 0.717) is 6.42 Å². The molecule has 0 aromatic rings. The quantitative estimate of drug-likeness (QED) is 0.655. The first kappa shape index (κ1) is 17.8. The zero-order chi connectivity index (χ0) is 15.7. The van der Waals surface area contributed by atoms with Gasteiger partial charge in [0.1, 0.15) is 0 Å². The monoisotopic (exact) mass is 328 g/mol. The van der Waals surface area contributed by atoms with E-state index in [2.05, 4.69) is 4.72 Å². The summed E-state index contributed by atoms with van der Waals surface area (Å²) in [6.45, 7) is 4.00. The molecular weight excluding hydrogens is 304 g/mol. The fourth-order valence-corrected chi connectivity index (χ4v) is 3.62. The summed E-state index contributed by atoms with van der Waals surface area (Å²) in [4.78, 5) is 0. The summed E-state index contributed by atoms with van der Waals surface area (Å²) < 4.78 is 55.1. The average molecular weight is 328 g/mol. The van der Waals surface area contributed by atoms with Crippen LogP contribution in [0.25, 0.3) is 0 Å². The lowest BCUT2D eigenvalue weighted by Gasteiger charge is -2.27. The highest BCUT2D eigenvalue weighted by molar-refractivity contribution is 7.88. The molecular formula is C11H24N2O5S2. The van der Waals surface area contributed by atoms with Gasteiger partial charge in [-0.2, -0.15) is 4.31 Å². The van der Waals surface area contributed by atoms with E-state index in [9.17, 15) is 16.8 Å². The van der Waals surface area contributed by atoms with E-state index in [0.717, 1.165) is 12.5 Å². The molecule has 0 aliphatic heterocycles. The van der Waals surface area contributed by atoms with Crippen molar-refractivity contribution in [3.63, 3.8) is 0 Å². The number of hydrogen-bond donors (Lipinski definition) is 1. The van der Waals surface area contributed by atoms with Gasteiger partial charge in [-0.15, -0.1) is 0 Å². The molecule has 0 aromatic carbocycles. The first-order chi connectivity index (χ1) is 8.92. The maximum Gasteiger partial charge on any atom is 0.211 e. The van der Waals surface area contributed by atoms with Gasteiger partial charge < -0.3 is 4.74 Å². The molecule has 0 spiro atoms. The molecule has 3 unspecified atom stereocenters. The highest BCUT2D eigenvalue weighted by Gasteiger charge is 2.47. The highest BCUT2D eigenvalue weighted by atomic mass is 32.2. The van der Waals surface area contributed by atoms with Crippen LogP contribution in [0.5, 0.6) is 0 Å². The molecule has 0 amide bonds. The predicted molar refractivity (Wildman–Crippen MR) is 77.4 cm³/mol. The Kier molecular flexibility index (Phi) is 5.59. The SMILES string of the molecule is CC(C)OCC(C1CC1NS(C)(=O)=O)N(C)S(C)(=O)=O. The molecule has 0 heterocycles. The topological polar surface area (TPSA) is 92.8 Å². The predicted octanol–water partition coefficient (Wildman–Crippen LogP) is -0.391. The van der Waals surface area contributed by atoms with Crippen LogP contribution >= 0.6 is 0 Å². The van der Waals surface area contributed by atoms with Crippen molar-refractivity contribution in [2.45, 2.75) is 38.5 Å². The van der Waals surface area contributed by atoms with Gasteiger partial charge >= 0.3 is 0 Å². The zero-order valence-corrected chi connectivity index (χ0v) is 14.2. The van der Waals surface area contributed by atoms with E-state index < -0.39 is 20.0 Å². The van der Waals surface area contributed by atoms with Crippen molar-refractivity contribution in [3.05, 3.63) is 0 Å². The molecule has 120 valence electrons. The first-order valence-corrected chi connectivity index (χ1v) is 10.2. The van der Waals surface area contributed by atoms with Crippen LogP contribution in [0.3, 0.4) is 0 Å². The number of ether oxygens (including phenoxy) is 1. The van der Waals surface area contributed by atoms with Crippen molar-refractivity contribution in [2.75, 3.05) is 26.2 Å². The third-order valence-electron chi connectivity index (χ3n) is 3.29. The van der Waals surface area contributed by atoms with Crippen molar-refractivity contribution in [3.8, 4) is 0 Å². The van der Waals surface area contributed by atoms with Gasteiger partial charge in [0.2, 0.25) is 20.0 Å². The number of sulfonamides is 2. The van der Waals surface area contributed by atoms with E-state index >= 15 is 0 Å². The minimum Gasteiger partial charge on any atom is -0.377 e. The van der Waals surface area contributed by atoms with Crippen LogP contribution in [0.15, 0.2) is 0 Å². The summed E-state index contributed by atoms with van der Waals surface area (Å²) in [5.41, 5.74) is 0. The maximum atomic E-state index is 11.7. The molecule has 1 aliphatic carbocycles. The molecule has 3 atom stereocenters. The zero-order valence-electron chi connectivity index (χ0n) is 12.5. The largest absolute Gasteiger partial charge is 0.377 e. The molecule has 0 saturated heterocycles. The van der Waals surface area contributed by atoms with Crippen molar-refractivity contribution in [1.29, 1.82) is 0 Å². The Bertz CT molecular complexity index is 529. The lowest BCUT2D eigenvalue weighted by Crippen LogP contribution is -2.43. The number of nitrogens with one attached hydrogen (secondary N) is 1. The Morgan fingerprint density at radius 3 is 2.20 bits per heavy atom. The summed E-state index contributed by atoms with van der Waals surface area (Å²) in [6.07, 6.45) is 2.85. The van der Waals surface area contributed by atoms with Gasteiger partial charge in [-0.05, 0) is 26.2 Å². The van der Waals surface area contributed by atoms with Gasteiger partial charge in [0.05, 0.1) is 31.3 Å². The lowest BCUT2D eigenvalue weighted by molar-refractivity contribution is 0.0426. The standard InChI is InChI=1S/C11H24N2O5S2/c1-8(2)18-7-11(13(3)20(5,16)17)9-6-10(9)12-19(4,14)15/h8-12H,6-7H2,1-5H3. The minimum atomic E-state index is -3.35. The van der Waals surface area contributed by atoms with Gasteiger partial charge in [0.15, 0.2) is 0 Å². The van der Waals surface area contributed by atoms with E-state index in [1.54, 1.807) is 0 Å². The molecule has 0 radical (unpaired) electrons. The van der Waals surface area contributed by atoms with E-state index in [4.69, 9.17) is 4.74 Å². The van der Waals surface area contributed by atoms with Crippen molar-refractivity contribution in [1.82, 2.24) is 9.03 Å². The molecule has 1 aliphatic rings. The average Bonchev–Trinajstić information content (AvgIpc) is 2.92. The minimum absolute atomic E-state index is 0.00877. The summed E-state index contributed by atoms with van der Waals surface area (Å²) in [7, 11) is -5.13. The molecule has 1 fully saturated rings. The molecule has 0 bridgehead atoms. The van der Waals surface area contributed by atoms with Crippen molar-refractivity contribution < 1.29 is 21.6 Å². The van der Waals surface area contributed by atoms with Crippen LogP contribution in [0.2, 0.25) is 0 Å². The highest BCUT2D eigenvalue weighted by Crippen LogP contribution is 2.37. The number of hydrogen-bond acceptors (Lipinski definition) is 5. The second-order valence-electron chi connectivity index (χ2n) is 5.62. The second kappa shape index (κ2) is 6.27. The van der Waals surface area contributed by atoms with Gasteiger partial charge in [0, 0.05) is 13.1 Å². The van der Waals surface area contributed by atoms with Crippen LogP contribution < -0.4 is 4.72 Å². The molecule has 9 heteroatoms. The van der Waals surface area contributed by atoms with E-state index in [1.807, 2.05) is 13.8 Å². The fourth-order valence-electron chi connectivity index (χ4n) is 2.09. The number of nitrogens with zero attached hydrogens (tertiary/aromatic N) is 1. The molecule has 1 rings (SSSR count). The number of rotatable bonds is 8. The Morgan fingerprint density at radius 1 is 1.25 bits per heavy atom. The summed E-state index contributed by atoms with van der Waals surface area (Å²) >= 11 is 0. The molecule has 1 N–H and O–H groups in total. The summed E-state index contributed by atoms with van der Waals surface area (Å²) in [5.74, 6) is -0.0526. The molecule has 20 heavy (non-hydrogen) atoms. The lowest BCUT2D eigenvalue weighted by atomic mass is 10.2. The van der Waals surface area contributed by atoms with Crippen molar-refractivity contribution >= 4 is 20.0 Å². The normalized spacial score (nSPS) is 25.1. The van der Waals surface area contributed by atoms with E-state index in [-0.39, 0.29) is 30.7 Å². The van der Waals surface area contributed by atoms with Crippen LogP contribution in [0.1, 0.15) is 20.3 Å². The van der Waals surface area contributed by atoms with Crippen molar-refractivity contribution in [2.24, 2.45) is 5.92 Å². The van der Waals surface area contributed by atoms with Gasteiger partial charge in [-0.25, -0.2) is 21.6 Å². The third kappa shape index (κ3) is 5.65. The molecule has 7 nitrogen and oxygen atoms in total. The van der Waals surface area contributed by atoms with Crippen LogP contribution in [-0.4, -0.2) is 65.5 Å². The van der Waals surface area contributed by atoms with Gasteiger partial charge in [0.25, 0.3) is 0 Å². The smallest absolute Gasteiger partial charge is 0.211 e. The van der Waals surface area contributed by atoms with Gasteiger partial charge in [-0.3, -0.25) is 0 Å². The molecule has 0 aromatic heterocycles. The van der Waals surface area contributed by atoms with Crippen LogP contribution in [-0.2, 0) is 24.8 Å². The Morgan fingerprint density at radius 2 is 1.80 bits per heavy atom. The Labute approximate surface area is 121 Å². The third-order valence-corrected chi connectivity index (χ3v) is 5.34. The maximum absolute atomic E-state index is 11.7.